The zero-order valence-corrected chi connectivity index (χ0v) is 20.6. The van der Waals surface area contributed by atoms with Gasteiger partial charge in [-0.15, -0.1) is 11.8 Å². The van der Waals surface area contributed by atoms with Crippen molar-refractivity contribution < 1.29 is 4.79 Å². The van der Waals surface area contributed by atoms with Crippen molar-refractivity contribution in [3.63, 3.8) is 0 Å². The highest BCUT2D eigenvalue weighted by molar-refractivity contribution is 7.99. The Morgan fingerprint density at radius 2 is 1.71 bits per heavy atom. The average molecular weight is 489 g/mol. The molecule has 2 aliphatic rings. The van der Waals surface area contributed by atoms with Crippen molar-refractivity contribution in [2.45, 2.75) is 17.5 Å². The summed E-state index contributed by atoms with van der Waals surface area (Å²) in [4.78, 5) is 26.2. The Labute approximate surface area is 211 Å². The van der Waals surface area contributed by atoms with Crippen LogP contribution in [-0.2, 0) is 4.79 Å². The molecule has 0 aliphatic carbocycles. The molecule has 1 aromatic carbocycles. The summed E-state index contributed by atoms with van der Waals surface area (Å²) < 4.78 is 0. The van der Waals surface area contributed by atoms with Crippen molar-refractivity contribution >= 4 is 17.7 Å². The van der Waals surface area contributed by atoms with E-state index in [4.69, 9.17) is 0 Å². The van der Waals surface area contributed by atoms with Crippen LogP contribution in [0.1, 0.15) is 28.1 Å². The predicted octanol–water partition coefficient (Wildman–Crippen LogP) is 2.70. The summed E-state index contributed by atoms with van der Waals surface area (Å²) in [6.45, 7) is 5.48. The molecule has 2 N–H and O–H groups in total. The summed E-state index contributed by atoms with van der Waals surface area (Å²) in [7, 11) is 0. The van der Waals surface area contributed by atoms with E-state index in [-0.39, 0.29) is 23.4 Å². The van der Waals surface area contributed by atoms with E-state index in [1.807, 2.05) is 36.8 Å². The minimum absolute atomic E-state index is 0.0863. The van der Waals surface area contributed by atoms with Gasteiger partial charge in [-0.25, -0.2) is 0 Å². The van der Waals surface area contributed by atoms with Crippen LogP contribution in [0.15, 0.2) is 79.4 Å². The minimum Gasteiger partial charge on any atom is -0.353 e. The lowest BCUT2D eigenvalue weighted by Gasteiger charge is -2.39. The SMILES string of the molecule is O=C(NCCN1CCN(C(c2ccccc2)c2cccnc2)CC1)[C@@H]1CSC(c2cccnc2)N1. The Morgan fingerprint density at radius 1 is 0.971 bits per heavy atom. The van der Waals surface area contributed by atoms with E-state index < -0.39 is 0 Å². The highest BCUT2D eigenvalue weighted by Gasteiger charge is 2.31. The first-order valence-corrected chi connectivity index (χ1v) is 13.3. The largest absolute Gasteiger partial charge is 0.353 e. The topological polar surface area (TPSA) is 73.4 Å². The van der Waals surface area contributed by atoms with Crippen molar-refractivity contribution in [3.05, 3.63) is 96.1 Å². The maximum Gasteiger partial charge on any atom is 0.238 e. The number of thioether (sulfide) groups is 1. The highest BCUT2D eigenvalue weighted by Crippen LogP contribution is 2.32. The zero-order chi connectivity index (χ0) is 23.9. The van der Waals surface area contributed by atoms with Gasteiger partial charge in [0.15, 0.2) is 0 Å². The van der Waals surface area contributed by atoms with Gasteiger partial charge in [-0.3, -0.25) is 29.9 Å². The van der Waals surface area contributed by atoms with E-state index >= 15 is 0 Å². The van der Waals surface area contributed by atoms with Crippen LogP contribution in [0.5, 0.6) is 0 Å². The summed E-state index contributed by atoms with van der Waals surface area (Å²) >= 11 is 1.76. The summed E-state index contributed by atoms with van der Waals surface area (Å²) in [5.41, 5.74) is 3.64. The molecule has 3 atom stereocenters. The van der Waals surface area contributed by atoms with Gasteiger partial charge in [-0.2, -0.15) is 0 Å². The lowest BCUT2D eigenvalue weighted by molar-refractivity contribution is -0.122. The number of carbonyl (C=O) groups is 1. The molecule has 2 aliphatic heterocycles. The Balaban J connectivity index is 1.09. The molecule has 2 unspecified atom stereocenters. The van der Waals surface area contributed by atoms with E-state index in [1.54, 1.807) is 18.0 Å². The smallest absolute Gasteiger partial charge is 0.238 e. The Kier molecular flexibility index (Phi) is 8.05. The molecule has 182 valence electrons. The number of hydrogen-bond acceptors (Lipinski definition) is 7. The van der Waals surface area contributed by atoms with Gasteiger partial charge in [0, 0.05) is 69.8 Å². The molecule has 5 rings (SSSR count). The maximum absolute atomic E-state index is 12.7. The third-order valence-electron chi connectivity index (χ3n) is 6.70. The monoisotopic (exact) mass is 488 g/mol. The number of hydrogen-bond donors (Lipinski definition) is 2. The molecule has 35 heavy (non-hydrogen) atoms. The summed E-state index contributed by atoms with van der Waals surface area (Å²) in [5, 5.41) is 6.70. The van der Waals surface area contributed by atoms with Gasteiger partial charge < -0.3 is 5.32 Å². The van der Waals surface area contributed by atoms with Gasteiger partial charge in [0.05, 0.1) is 17.5 Å². The standard InChI is InChI=1S/C27H32N6OS/c34-26(24-20-35-27(31-24)23-9-5-11-29-19-23)30-12-13-32-14-16-33(17-15-32)25(21-6-2-1-3-7-21)22-8-4-10-28-18-22/h1-11,18-19,24-25,27,31H,12-17,20H2,(H,30,34)/t24-,25?,27?/m0/s1. The van der Waals surface area contributed by atoms with Gasteiger partial charge in [0.25, 0.3) is 0 Å². The fraction of sp³-hybridized carbons (Fsp3) is 0.370. The summed E-state index contributed by atoms with van der Waals surface area (Å²) in [5.74, 6) is 0.863. The molecular formula is C27H32N6OS. The van der Waals surface area contributed by atoms with Crippen molar-refractivity contribution in [3.8, 4) is 0 Å². The number of rotatable bonds is 8. The number of benzene rings is 1. The molecule has 2 saturated heterocycles. The van der Waals surface area contributed by atoms with Gasteiger partial charge in [0.2, 0.25) is 5.91 Å². The van der Waals surface area contributed by atoms with Crippen LogP contribution in [-0.4, -0.2) is 76.7 Å². The second kappa shape index (κ2) is 11.8. The third kappa shape index (κ3) is 6.08. The quantitative estimate of drug-likeness (QED) is 0.505. The van der Waals surface area contributed by atoms with Crippen LogP contribution in [0.25, 0.3) is 0 Å². The molecule has 4 heterocycles. The van der Waals surface area contributed by atoms with Gasteiger partial charge in [-0.1, -0.05) is 42.5 Å². The van der Waals surface area contributed by atoms with E-state index in [0.717, 1.165) is 44.0 Å². The lowest BCUT2D eigenvalue weighted by Crippen LogP contribution is -2.50. The average Bonchev–Trinajstić information content (AvgIpc) is 3.42. The van der Waals surface area contributed by atoms with E-state index in [1.165, 1.54) is 11.1 Å². The maximum atomic E-state index is 12.7. The van der Waals surface area contributed by atoms with Crippen molar-refractivity contribution in [2.75, 3.05) is 45.0 Å². The number of amides is 1. The number of pyridine rings is 2. The fourth-order valence-electron chi connectivity index (χ4n) is 4.84. The van der Waals surface area contributed by atoms with E-state index in [9.17, 15) is 4.79 Å². The molecule has 0 bridgehead atoms. The van der Waals surface area contributed by atoms with Gasteiger partial charge >= 0.3 is 0 Å². The van der Waals surface area contributed by atoms with Crippen molar-refractivity contribution in [1.29, 1.82) is 0 Å². The lowest BCUT2D eigenvalue weighted by atomic mass is 9.98. The Morgan fingerprint density at radius 3 is 2.43 bits per heavy atom. The second-order valence-electron chi connectivity index (χ2n) is 8.99. The van der Waals surface area contributed by atoms with Crippen molar-refractivity contribution in [2.24, 2.45) is 0 Å². The first kappa shape index (κ1) is 23.9. The number of carbonyl (C=O) groups excluding carboxylic acids is 1. The van der Waals surface area contributed by atoms with Crippen LogP contribution in [0.3, 0.4) is 0 Å². The first-order valence-electron chi connectivity index (χ1n) is 12.2. The van der Waals surface area contributed by atoms with Gasteiger partial charge in [-0.05, 0) is 28.8 Å². The molecule has 7 nitrogen and oxygen atoms in total. The number of piperazine rings is 1. The van der Waals surface area contributed by atoms with Crippen LogP contribution in [0, 0.1) is 0 Å². The zero-order valence-electron chi connectivity index (χ0n) is 19.8. The Hall–Kier alpha value is -2.78. The first-order chi connectivity index (χ1) is 17.3. The molecule has 8 heteroatoms. The molecule has 0 spiro atoms. The van der Waals surface area contributed by atoms with E-state index in [0.29, 0.717) is 6.54 Å². The van der Waals surface area contributed by atoms with Crippen LogP contribution in [0.2, 0.25) is 0 Å². The molecule has 0 radical (unpaired) electrons. The van der Waals surface area contributed by atoms with Gasteiger partial charge in [0.1, 0.15) is 0 Å². The number of nitrogens with zero attached hydrogens (tertiary/aromatic N) is 4. The highest BCUT2D eigenvalue weighted by atomic mass is 32.2. The summed E-state index contributed by atoms with van der Waals surface area (Å²) in [6.07, 6.45) is 7.44. The van der Waals surface area contributed by atoms with Crippen molar-refractivity contribution in [1.82, 2.24) is 30.4 Å². The normalized spacial score (nSPS) is 22.1. The molecule has 2 aromatic heterocycles. The van der Waals surface area contributed by atoms with Crippen LogP contribution >= 0.6 is 11.8 Å². The fourth-order valence-corrected chi connectivity index (χ4v) is 6.06. The minimum atomic E-state index is -0.159. The number of nitrogens with one attached hydrogen (secondary N) is 2. The Bertz CT molecular complexity index is 1020. The van der Waals surface area contributed by atoms with Crippen LogP contribution < -0.4 is 10.6 Å². The molecule has 0 saturated carbocycles. The third-order valence-corrected chi connectivity index (χ3v) is 7.97. The molecule has 2 fully saturated rings. The number of aromatic nitrogens is 2. The molecule has 1 amide bonds. The van der Waals surface area contributed by atoms with E-state index in [2.05, 4.69) is 66.8 Å². The molecule has 3 aromatic rings. The second-order valence-corrected chi connectivity index (χ2v) is 10.1. The molecular weight excluding hydrogens is 456 g/mol. The summed E-state index contributed by atoms with van der Waals surface area (Å²) in [6, 6.07) is 18.9. The predicted molar refractivity (Wildman–Crippen MR) is 140 cm³/mol. The van der Waals surface area contributed by atoms with Crippen LogP contribution in [0.4, 0.5) is 0 Å².